The molecular formula is C11H11ClN2O2S. The largest absolute Gasteiger partial charge is 0.381 e. The second kappa shape index (κ2) is 4.55. The Morgan fingerprint density at radius 2 is 2.24 bits per heavy atom. The van der Waals surface area contributed by atoms with Gasteiger partial charge in [-0.1, -0.05) is 11.6 Å². The number of nitriles is 1. The first kappa shape index (κ1) is 12.2. The smallest absolute Gasteiger partial charge is 0.152 e. The van der Waals surface area contributed by atoms with Crippen LogP contribution in [0, 0.1) is 11.3 Å². The van der Waals surface area contributed by atoms with Gasteiger partial charge in [0.05, 0.1) is 22.1 Å². The summed E-state index contributed by atoms with van der Waals surface area (Å²) in [7, 11) is -2.89. The van der Waals surface area contributed by atoms with Crippen LogP contribution >= 0.6 is 11.6 Å². The number of hydrogen-bond acceptors (Lipinski definition) is 4. The minimum absolute atomic E-state index is 0.0657. The molecule has 1 unspecified atom stereocenters. The molecule has 4 nitrogen and oxygen atoms in total. The van der Waals surface area contributed by atoms with E-state index in [0.717, 1.165) is 5.69 Å². The number of anilines is 1. The second-order valence-corrected chi connectivity index (χ2v) is 6.69. The maximum Gasteiger partial charge on any atom is 0.152 e. The lowest BCUT2D eigenvalue weighted by atomic mass is 10.2. The van der Waals surface area contributed by atoms with Crippen LogP contribution in [0.3, 0.4) is 0 Å². The zero-order chi connectivity index (χ0) is 12.5. The number of nitrogens with one attached hydrogen (secondary N) is 1. The number of sulfone groups is 1. The summed E-state index contributed by atoms with van der Waals surface area (Å²) in [6.07, 6.45) is 0.611. The Bertz CT molecular complexity index is 578. The molecule has 0 aliphatic carbocycles. The van der Waals surface area contributed by atoms with Crippen LogP contribution in [-0.2, 0) is 9.84 Å². The van der Waals surface area contributed by atoms with Gasteiger partial charge in [-0.2, -0.15) is 5.26 Å². The molecule has 17 heavy (non-hydrogen) atoms. The lowest BCUT2D eigenvalue weighted by Crippen LogP contribution is -2.20. The molecule has 0 bridgehead atoms. The number of halogens is 1. The van der Waals surface area contributed by atoms with Gasteiger partial charge in [0.25, 0.3) is 0 Å². The Balaban J connectivity index is 2.11. The fourth-order valence-corrected chi connectivity index (χ4v) is 3.74. The van der Waals surface area contributed by atoms with Gasteiger partial charge in [-0.25, -0.2) is 8.42 Å². The third kappa shape index (κ3) is 2.90. The molecule has 0 amide bonds. The minimum atomic E-state index is -2.89. The Labute approximate surface area is 105 Å². The van der Waals surface area contributed by atoms with Crippen LogP contribution in [0.15, 0.2) is 18.2 Å². The molecule has 1 atom stereocenters. The summed E-state index contributed by atoms with van der Waals surface area (Å²) in [5.41, 5.74) is 1.16. The molecule has 1 fully saturated rings. The zero-order valence-corrected chi connectivity index (χ0v) is 10.6. The lowest BCUT2D eigenvalue weighted by molar-refractivity contribution is 0.602. The Morgan fingerprint density at radius 3 is 2.76 bits per heavy atom. The van der Waals surface area contributed by atoms with Crippen LogP contribution in [-0.4, -0.2) is 26.0 Å². The highest BCUT2D eigenvalue weighted by Gasteiger charge is 2.27. The van der Waals surface area contributed by atoms with Crippen molar-refractivity contribution < 1.29 is 8.42 Å². The van der Waals surface area contributed by atoms with Gasteiger partial charge < -0.3 is 5.32 Å². The maximum absolute atomic E-state index is 11.3. The average molecular weight is 271 g/mol. The number of benzene rings is 1. The molecule has 1 heterocycles. The summed E-state index contributed by atoms with van der Waals surface area (Å²) in [5.74, 6) is 0.388. The third-order valence-corrected chi connectivity index (χ3v) is 4.77. The van der Waals surface area contributed by atoms with Crippen molar-refractivity contribution in [3.8, 4) is 6.07 Å². The van der Waals surface area contributed by atoms with Crippen LogP contribution in [0.25, 0.3) is 0 Å². The molecule has 0 spiro atoms. The predicted molar refractivity (Wildman–Crippen MR) is 66.8 cm³/mol. The quantitative estimate of drug-likeness (QED) is 0.890. The van der Waals surface area contributed by atoms with Crippen LogP contribution in [0.4, 0.5) is 5.69 Å². The topological polar surface area (TPSA) is 70.0 Å². The molecule has 90 valence electrons. The van der Waals surface area contributed by atoms with Gasteiger partial charge in [-0.05, 0) is 24.6 Å². The molecular weight excluding hydrogens is 260 g/mol. The van der Waals surface area contributed by atoms with E-state index in [1.807, 2.05) is 6.07 Å². The first-order valence-corrected chi connectivity index (χ1v) is 7.37. The highest BCUT2D eigenvalue weighted by atomic mass is 35.5. The minimum Gasteiger partial charge on any atom is -0.381 e. The van der Waals surface area contributed by atoms with Crippen molar-refractivity contribution in [2.75, 3.05) is 16.8 Å². The molecule has 1 saturated heterocycles. The molecule has 0 radical (unpaired) electrons. The zero-order valence-electron chi connectivity index (χ0n) is 8.98. The third-order valence-electron chi connectivity index (χ3n) is 2.69. The van der Waals surface area contributed by atoms with Gasteiger partial charge in [0.2, 0.25) is 0 Å². The van der Waals surface area contributed by atoms with E-state index in [-0.39, 0.29) is 17.5 Å². The first-order valence-electron chi connectivity index (χ1n) is 5.17. The van der Waals surface area contributed by atoms with E-state index in [4.69, 9.17) is 16.9 Å². The summed E-state index contributed by atoms with van der Waals surface area (Å²) < 4.78 is 22.6. The van der Waals surface area contributed by atoms with Gasteiger partial charge in [-0.15, -0.1) is 0 Å². The highest BCUT2D eigenvalue weighted by Crippen LogP contribution is 2.23. The summed E-state index contributed by atoms with van der Waals surface area (Å²) in [6, 6.07) is 6.90. The standard InChI is InChI=1S/C11H11ClN2O2S/c12-11-5-9(2-1-8(11)6-13)14-10-3-4-17(15,16)7-10/h1-2,5,10,14H,3-4,7H2. The molecule has 1 aromatic rings. The summed E-state index contributed by atoms with van der Waals surface area (Å²) >= 11 is 5.89. The van der Waals surface area contributed by atoms with Gasteiger partial charge in [-0.3, -0.25) is 0 Å². The van der Waals surface area contributed by atoms with Gasteiger partial charge in [0.1, 0.15) is 6.07 Å². The second-order valence-electron chi connectivity index (χ2n) is 4.05. The van der Waals surface area contributed by atoms with E-state index in [2.05, 4.69) is 5.32 Å². The average Bonchev–Trinajstić information content (AvgIpc) is 2.58. The van der Waals surface area contributed by atoms with Gasteiger partial charge in [0.15, 0.2) is 9.84 Å². The van der Waals surface area contributed by atoms with Crippen LogP contribution in [0.5, 0.6) is 0 Å². The van der Waals surface area contributed by atoms with Crippen molar-refractivity contribution in [3.63, 3.8) is 0 Å². The van der Waals surface area contributed by atoms with E-state index in [1.165, 1.54) is 0 Å². The number of rotatable bonds is 2. The molecule has 1 aromatic carbocycles. The summed E-state index contributed by atoms with van der Waals surface area (Å²) in [6.45, 7) is 0. The van der Waals surface area contributed by atoms with Crippen molar-refractivity contribution in [3.05, 3.63) is 28.8 Å². The normalized spacial score (nSPS) is 22.0. The van der Waals surface area contributed by atoms with Crippen molar-refractivity contribution in [2.24, 2.45) is 0 Å². The van der Waals surface area contributed by atoms with Crippen molar-refractivity contribution in [1.82, 2.24) is 0 Å². The van der Waals surface area contributed by atoms with E-state index in [0.29, 0.717) is 17.0 Å². The summed E-state index contributed by atoms with van der Waals surface area (Å²) in [5, 5.41) is 12.2. The fourth-order valence-electron chi connectivity index (χ4n) is 1.84. The Kier molecular flexibility index (Phi) is 3.27. The van der Waals surface area contributed by atoms with Crippen LogP contribution in [0.2, 0.25) is 5.02 Å². The molecule has 1 N–H and O–H groups in total. The Morgan fingerprint density at radius 1 is 1.47 bits per heavy atom. The van der Waals surface area contributed by atoms with Crippen LogP contribution in [0.1, 0.15) is 12.0 Å². The van der Waals surface area contributed by atoms with E-state index in [1.54, 1.807) is 18.2 Å². The fraction of sp³-hybridized carbons (Fsp3) is 0.364. The molecule has 2 rings (SSSR count). The van der Waals surface area contributed by atoms with Crippen LogP contribution < -0.4 is 5.32 Å². The summed E-state index contributed by atoms with van der Waals surface area (Å²) in [4.78, 5) is 0. The number of hydrogen-bond donors (Lipinski definition) is 1. The highest BCUT2D eigenvalue weighted by molar-refractivity contribution is 7.91. The van der Waals surface area contributed by atoms with Crippen molar-refractivity contribution in [1.29, 1.82) is 5.26 Å². The van der Waals surface area contributed by atoms with E-state index >= 15 is 0 Å². The predicted octanol–water partition coefficient (Wildman–Crippen LogP) is 1.81. The van der Waals surface area contributed by atoms with Gasteiger partial charge >= 0.3 is 0 Å². The molecule has 0 saturated carbocycles. The van der Waals surface area contributed by atoms with Crippen molar-refractivity contribution >= 4 is 27.1 Å². The molecule has 6 heteroatoms. The Hall–Kier alpha value is -1.25. The van der Waals surface area contributed by atoms with Crippen molar-refractivity contribution in [2.45, 2.75) is 12.5 Å². The monoisotopic (exact) mass is 270 g/mol. The molecule has 0 aromatic heterocycles. The van der Waals surface area contributed by atoms with E-state index < -0.39 is 9.84 Å². The lowest BCUT2D eigenvalue weighted by Gasteiger charge is -2.12. The van der Waals surface area contributed by atoms with E-state index in [9.17, 15) is 8.42 Å². The SMILES string of the molecule is N#Cc1ccc(NC2CCS(=O)(=O)C2)cc1Cl. The number of nitrogens with zero attached hydrogens (tertiary/aromatic N) is 1. The molecule has 1 aliphatic rings. The van der Waals surface area contributed by atoms with Gasteiger partial charge in [0, 0.05) is 11.7 Å². The first-order chi connectivity index (χ1) is 8.00. The molecule has 1 aliphatic heterocycles. The maximum atomic E-state index is 11.3.